The van der Waals surface area contributed by atoms with E-state index >= 15 is 0 Å². The monoisotopic (exact) mass is 319 g/mol. The standard InChI is InChI=1S/C15H17N3OS2/c1-11(8-12-5-7-20-10-12)18(2)9-14-16-17-15(19-14)13-4-3-6-21-13/h3-7,10-11H,8-9H2,1-2H3. The van der Waals surface area contributed by atoms with Crippen molar-refractivity contribution < 1.29 is 4.42 Å². The molecule has 3 aromatic heterocycles. The molecule has 110 valence electrons. The van der Waals surface area contributed by atoms with Crippen molar-refractivity contribution in [2.24, 2.45) is 0 Å². The van der Waals surface area contributed by atoms with Crippen molar-refractivity contribution in [3.63, 3.8) is 0 Å². The molecule has 3 aromatic rings. The van der Waals surface area contributed by atoms with Gasteiger partial charge >= 0.3 is 0 Å². The first-order valence-electron chi connectivity index (χ1n) is 6.80. The first-order valence-corrected chi connectivity index (χ1v) is 8.62. The van der Waals surface area contributed by atoms with Crippen LogP contribution in [0.25, 0.3) is 10.8 Å². The van der Waals surface area contributed by atoms with Crippen LogP contribution in [0.1, 0.15) is 18.4 Å². The number of hydrogen-bond acceptors (Lipinski definition) is 6. The summed E-state index contributed by atoms with van der Waals surface area (Å²) in [5.41, 5.74) is 1.38. The molecule has 0 N–H and O–H groups in total. The number of likely N-dealkylation sites (N-methyl/N-ethyl adjacent to an activating group) is 1. The molecule has 0 aliphatic heterocycles. The Balaban J connectivity index is 1.60. The highest BCUT2D eigenvalue weighted by molar-refractivity contribution is 7.13. The summed E-state index contributed by atoms with van der Waals surface area (Å²) in [6, 6.07) is 6.58. The molecule has 6 heteroatoms. The van der Waals surface area contributed by atoms with E-state index in [9.17, 15) is 0 Å². The van der Waals surface area contributed by atoms with E-state index in [1.54, 1.807) is 22.7 Å². The van der Waals surface area contributed by atoms with Crippen LogP contribution in [0.3, 0.4) is 0 Å². The molecular formula is C15H17N3OS2. The van der Waals surface area contributed by atoms with Crippen LogP contribution >= 0.6 is 22.7 Å². The van der Waals surface area contributed by atoms with Crippen molar-refractivity contribution >= 4 is 22.7 Å². The quantitative estimate of drug-likeness (QED) is 0.690. The predicted molar refractivity (Wildman–Crippen MR) is 86.6 cm³/mol. The number of thiophene rings is 2. The van der Waals surface area contributed by atoms with Gasteiger partial charge in [0.15, 0.2) is 0 Å². The highest BCUT2D eigenvalue weighted by atomic mass is 32.1. The molecule has 3 rings (SSSR count). The van der Waals surface area contributed by atoms with Gasteiger partial charge in [-0.1, -0.05) is 6.07 Å². The van der Waals surface area contributed by atoms with Crippen molar-refractivity contribution in [1.29, 1.82) is 0 Å². The average Bonchev–Trinajstić information content (AvgIpc) is 3.20. The van der Waals surface area contributed by atoms with Gasteiger partial charge in [0, 0.05) is 6.04 Å². The molecule has 0 saturated heterocycles. The Bertz CT molecular complexity index is 661. The van der Waals surface area contributed by atoms with Gasteiger partial charge < -0.3 is 4.42 Å². The fraction of sp³-hybridized carbons (Fsp3) is 0.333. The largest absolute Gasteiger partial charge is 0.419 e. The van der Waals surface area contributed by atoms with Crippen LogP contribution in [0.4, 0.5) is 0 Å². The molecule has 0 radical (unpaired) electrons. The predicted octanol–water partition coefficient (Wildman–Crippen LogP) is 3.92. The second kappa shape index (κ2) is 6.51. The summed E-state index contributed by atoms with van der Waals surface area (Å²) in [5, 5.41) is 14.6. The maximum Gasteiger partial charge on any atom is 0.257 e. The lowest BCUT2D eigenvalue weighted by Crippen LogP contribution is -2.30. The third-order valence-electron chi connectivity index (χ3n) is 3.45. The molecule has 0 spiro atoms. The topological polar surface area (TPSA) is 42.2 Å². The maximum absolute atomic E-state index is 5.73. The molecule has 3 heterocycles. The van der Waals surface area contributed by atoms with Gasteiger partial charge in [0.05, 0.1) is 11.4 Å². The maximum atomic E-state index is 5.73. The second-order valence-electron chi connectivity index (χ2n) is 5.08. The third-order valence-corrected chi connectivity index (χ3v) is 5.04. The van der Waals surface area contributed by atoms with Gasteiger partial charge in [-0.3, -0.25) is 4.90 Å². The number of hydrogen-bond donors (Lipinski definition) is 0. The minimum Gasteiger partial charge on any atom is -0.419 e. The first-order chi connectivity index (χ1) is 10.2. The van der Waals surface area contributed by atoms with E-state index in [0.29, 0.717) is 24.4 Å². The molecule has 4 nitrogen and oxygen atoms in total. The number of nitrogens with zero attached hydrogens (tertiary/aromatic N) is 3. The van der Waals surface area contributed by atoms with E-state index in [1.165, 1.54) is 5.56 Å². The van der Waals surface area contributed by atoms with E-state index < -0.39 is 0 Å². The highest BCUT2D eigenvalue weighted by Gasteiger charge is 2.15. The van der Waals surface area contributed by atoms with Crippen LogP contribution in [-0.2, 0) is 13.0 Å². The molecule has 21 heavy (non-hydrogen) atoms. The first kappa shape index (κ1) is 14.4. The van der Waals surface area contributed by atoms with Gasteiger partial charge in [-0.25, -0.2) is 0 Å². The molecule has 0 fully saturated rings. The van der Waals surface area contributed by atoms with Crippen LogP contribution in [-0.4, -0.2) is 28.2 Å². The number of aromatic nitrogens is 2. The molecular weight excluding hydrogens is 302 g/mol. The van der Waals surface area contributed by atoms with Crippen LogP contribution in [0, 0.1) is 0 Å². The summed E-state index contributed by atoms with van der Waals surface area (Å²) in [7, 11) is 2.09. The van der Waals surface area contributed by atoms with E-state index in [-0.39, 0.29) is 0 Å². The lowest BCUT2D eigenvalue weighted by atomic mass is 10.1. The van der Waals surface area contributed by atoms with Crippen molar-refractivity contribution in [1.82, 2.24) is 15.1 Å². The molecule has 0 saturated carbocycles. The summed E-state index contributed by atoms with van der Waals surface area (Å²) in [5.74, 6) is 1.27. The molecule has 0 amide bonds. The van der Waals surface area contributed by atoms with E-state index in [0.717, 1.165) is 11.3 Å². The Morgan fingerprint density at radius 1 is 1.29 bits per heavy atom. The molecule has 0 aromatic carbocycles. The fourth-order valence-electron chi connectivity index (χ4n) is 2.09. The van der Waals surface area contributed by atoms with Gasteiger partial charge in [0.1, 0.15) is 0 Å². The minimum atomic E-state index is 0.427. The zero-order chi connectivity index (χ0) is 14.7. The summed E-state index contributed by atoms with van der Waals surface area (Å²) in [4.78, 5) is 3.26. The summed E-state index contributed by atoms with van der Waals surface area (Å²) in [6.45, 7) is 2.89. The van der Waals surface area contributed by atoms with Gasteiger partial charge in [-0.15, -0.1) is 21.5 Å². The van der Waals surface area contributed by atoms with E-state index in [4.69, 9.17) is 4.42 Å². The molecule has 1 unspecified atom stereocenters. The average molecular weight is 319 g/mol. The summed E-state index contributed by atoms with van der Waals surface area (Å²) in [6.07, 6.45) is 1.03. The Kier molecular flexibility index (Phi) is 4.48. The molecule has 0 aliphatic rings. The highest BCUT2D eigenvalue weighted by Crippen LogP contribution is 2.23. The van der Waals surface area contributed by atoms with Crippen LogP contribution < -0.4 is 0 Å². The van der Waals surface area contributed by atoms with E-state index in [1.807, 2.05) is 17.5 Å². The van der Waals surface area contributed by atoms with Gasteiger partial charge in [0.2, 0.25) is 5.89 Å². The summed E-state index contributed by atoms with van der Waals surface area (Å²) < 4.78 is 5.73. The van der Waals surface area contributed by atoms with Crippen LogP contribution in [0.15, 0.2) is 38.8 Å². The van der Waals surface area contributed by atoms with Crippen LogP contribution in [0.2, 0.25) is 0 Å². The second-order valence-corrected chi connectivity index (χ2v) is 6.81. The SMILES string of the molecule is CC(Cc1ccsc1)N(C)Cc1nnc(-c2cccs2)o1. The Morgan fingerprint density at radius 2 is 2.19 bits per heavy atom. The zero-order valence-electron chi connectivity index (χ0n) is 12.0. The normalized spacial score (nSPS) is 12.9. The Hall–Kier alpha value is -1.50. The minimum absolute atomic E-state index is 0.427. The molecule has 0 bridgehead atoms. The Morgan fingerprint density at radius 3 is 2.90 bits per heavy atom. The lowest BCUT2D eigenvalue weighted by molar-refractivity contribution is 0.225. The van der Waals surface area contributed by atoms with Crippen LogP contribution in [0.5, 0.6) is 0 Å². The van der Waals surface area contributed by atoms with Gasteiger partial charge in [-0.2, -0.15) is 11.3 Å². The zero-order valence-corrected chi connectivity index (χ0v) is 13.7. The Labute approximate surface area is 132 Å². The number of rotatable bonds is 6. The van der Waals surface area contributed by atoms with Gasteiger partial charge in [-0.05, 0) is 54.2 Å². The van der Waals surface area contributed by atoms with Gasteiger partial charge in [0.25, 0.3) is 5.89 Å². The smallest absolute Gasteiger partial charge is 0.257 e. The third kappa shape index (κ3) is 3.58. The fourth-order valence-corrected chi connectivity index (χ4v) is 3.42. The molecule has 1 atom stereocenters. The van der Waals surface area contributed by atoms with Crippen molar-refractivity contribution in [2.45, 2.75) is 25.9 Å². The van der Waals surface area contributed by atoms with Crippen molar-refractivity contribution in [3.8, 4) is 10.8 Å². The summed E-state index contributed by atoms with van der Waals surface area (Å²) >= 11 is 3.35. The van der Waals surface area contributed by atoms with E-state index in [2.05, 4.69) is 45.9 Å². The lowest BCUT2D eigenvalue weighted by Gasteiger charge is -2.22. The van der Waals surface area contributed by atoms with Crippen molar-refractivity contribution in [3.05, 3.63) is 45.8 Å². The van der Waals surface area contributed by atoms with Crippen molar-refractivity contribution in [2.75, 3.05) is 7.05 Å². The molecule has 0 aliphatic carbocycles.